The molecule has 0 aromatic carbocycles. The van der Waals surface area contributed by atoms with Crippen molar-refractivity contribution in [3.63, 3.8) is 0 Å². The first-order chi connectivity index (χ1) is 4.39. The quantitative estimate of drug-likeness (QED) is 0.555. The van der Waals surface area contributed by atoms with Crippen molar-refractivity contribution in [2.75, 3.05) is 0 Å². The zero-order chi connectivity index (χ0) is 8.36. The van der Waals surface area contributed by atoms with E-state index in [1.807, 2.05) is 13.0 Å². The van der Waals surface area contributed by atoms with Crippen molar-refractivity contribution in [3.8, 4) is 0 Å². The van der Waals surface area contributed by atoms with Crippen LogP contribution in [0.1, 0.15) is 27.7 Å². The Bertz CT molecular complexity index is 154. The predicted molar refractivity (Wildman–Crippen MR) is 46.5 cm³/mol. The van der Waals surface area contributed by atoms with Crippen LogP contribution in [-0.4, -0.2) is 0 Å². The summed E-state index contributed by atoms with van der Waals surface area (Å²) in [6.07, 6.45) is 1.83. The van der Waals surface area contributed by atoms with Crippen LogP contribution in [0.4, 0.5) is 0 Å². The van der Waals surface area contributed by atoms with Crippen molar-refractivity contribution in [1.29, 1.82) is 0 Å². The number of hydrogen-bond donors (Lipinski definition) is 1. The fraction of sp³-hybridized carbons (Fsp3) is 0.556. The summed E-state index contributed by atoms with van der Waals surface area (Å²) < 4.78 is 0. The minimum atomic E-state index is 0.126. The van der Waals surface area contributed by atoms with Crippen LogP contribution in [0.25, 0.3) is 0 Å². The minimum absolute atomic E-state index is 0.126. The van der Waals surface area contributed by atoms with E-state index in [0.717, 1.165) is 11.3 Å². The van der Waals surface area contributed by atoms with Crippen LogP contribution < -0.4 is 5.73 Å². The molecule has 0 aromatic heterocycles. The summed E-state index contributed by atoms with van der Waals surface area (Å²) >= 11 is 0. The van der Waals surface area contributed by atoms with E-state index in [9.17, 15) is 0 Å². The van der Waals surface area contributed by atoms with Gasteiger partial charge in [0.25, 0.3) is 0 Å². The van der Waals surface area contributed by atoms with E-state index < -0.39 is 0 Å². The third-order valence-electron chi connectivity index (χ3n) is 1.44. The first-order valence-corrected chi connectivity index (χ1v) is 3.49. The molecule has 58 valence electrons. The summed E-state index contributed by atoms with van der Waals surface area (Å²) in [4.78, 5) is 0. The van der Waals surface area contributed by atoms with Gasteiger partial charge >= 0.3 is 0 Å². The zero-order valence-corrected chi connectivity index (χ0v) is 7.36. The standard InChI is InChI=1S/C9H17N/c1-6-8(7(2)10)9(3,4)5/h6H,1,10H2,2-5H3/b8-7+. The van der Waals surface area contributed by atoms with E-state index in [1.54, 1.807) is 0 Å². The number of hydrogen-bond acceptors (Lipinski definition) is 1. The highest BCUT2D eigenvalue weighted by Gasteiger charge is 2.15. The Morgan fingerprint density at radius 3 is 1.80 bits per heavy atom. The van der Waals surface area contributed by atoms with Gasteiger partial charge in [0, 0.05) is 5.70 Å². The summed E-state index contributed by atoms with van der Waals surface area (Å²) in [6, 6.07) is 0. The van der Waals surface area contributed by atoms with E-state index in [-0.39, 0.29) is 5.41 Å². The van der Waals surface area contributed by atoms with Gasteiger partial charge in [0.05, 0.1) is 0 Å². The molecule has 10 heavy (non-hydrogen) atoms. The molecule has 0 heterocycles. The highest BCUT2D eigenvalue weighted by Crippen LogP contribution is 2.26. The van der Waals surface area contributed by atoms with Gasteiger partial charge in [0.2, 0.25) is 0 Å². The normalized spacial score (nSPS) is 14.4. The maximum absolute atomic E-state index is 5.64. The molecule has 1 nitrogen and oxygen atoms in total. The summed E-state index contributed by atoms with van der Waals surface area (Å²) in [5.41, 5.74) is 7.76. The number of allylic oxidation sites excluding steroid dienone is 3. The van der Waals surface area contributed by atoms with Gasteiger partial charge in [-0.25, -0.2) is 0 Å². The topological polar surface area (TPSA) is 26.0 Å². The van der Waals surface area contributed by atoms with Gasteiger partial charge in [-0.1, -0.05) is 33.4 Å². The fourth-order valence-electron chi connectivity index (χ4n) is 1.06. The van der Waals surface area contributed by atoms with Gasteiger partial charge in [-0.3, -0.25) is 0 Å². The lowest BCUT2D eigenvalue weighted by atomic mass is 9.85. The Morgan fingerprint density at radius 2 is 1.80 bits per heavy atom. The zero-order valence-electron chi connectivity index (χ0n) is 7.36. The highest BCUT2D eigenvalue weighted by molar-refractivity contribution is 5.26. The van der Waals surface area contributed by atoms with Crippen molar-refractivity contribution in [2.24, 2.45) is 11.1 Å². The van der Waals surface area contributed by atoms with Crippen LogP contribution >= 0.6 is 0 Å². The van der Waals surface area contributed by atoms with E-state index in [2.05, 4.69) is 27.4 Å². The molecule has 0 aliphatic heterocycles. The lowest BCUT2D eigenvalue weighted by molar-refractivity contribution is 0.511. The molecular formula is C9H17N. The molecule has 0 aliphatic carbocycles. The van der Waals surface area contributed by atoms with E-state index in [4.69, 9.17) is 5.73 Å². The molecule has 0 amide bonds. The molecule has 0 atom stereocenters. The molecule has 0 bridgehead atoms. The molecule has 1 heteroatoms. The van der Waals surface area contributed by atoms with Crippen molar-refractivity contribution in [1.82, 2.24) is 0 Å². The van der Waals surface area contributed by atoms with Crippen molar-refractivity contribution < 1.29 is 0 Å². The lowest BCUT2D eigenvalue weighted by Crippen LogP contribution is -2.12. The third kappa shape index (κ3) is 2.26. The van der Waals surface area contributed by atoms with Crippen molar-refractivity contribution >= 4 is 0 Å². The summed E-state index contributed by atoms with van der Waals surface area (Å²) in [5.74, 6) is 0. The summed E-state index contributed by atoms with van der Waals surface area (Å²) in [5, 5.41) is 0. The second-order valence-corrected chi connectivity index (χ2v) is 3.55. The van der Waals surface area contributed by atoms with Crippen LogP contribution in [0.2, 0.25) is 0 Å². The van der Waals surface area contributed by atoms with E-state index >= 15 is 0 Å². The Labute approximate surface area is 63.6 Å². The smallest absolute Gasteiger partial charge is 0.00865 e. The largest absolute Gasteiger partial charge is 0.402 e. The molecule has 0 rings (SSSR count). The van der Waals surface area contributed by atoms with Crippen molar-refractivity contribution in [3.05, 3.63) is 23.9 Å². The first kappa shape index (κ1) is 9.28. The van der Waals surface area contributed by atoms with Crippen LogP contribution in [0.5, 0.6) is 0 Å². The maximum Gasteiger partial charge on any atom is 0.00865 e. The third-order valence-corrected chi connectivity index (χ3v) is 1.44. The minimum Gasteiger partial charge on any atom is -0.402 e. The molecule has 0 saturated carbocycles. The molecule has 0 saturated heterocycles. The SMILES string of the molecule is C=C/C(=C(/C)N)C(C)(C)C. The van der Waals surface area contributed by atoms with Crippen LogP contribution in [-0.2, 0) is 0 Å². The molecule has 0 aliphatic rings. The molecule has 2 N–H and O–H groups in total. The Kier molecular flexibility index (Phi) is 2.70. The highest BCUT2D eigenvalue weighted by atomic mass is 14.6. The molecule has 0 fully saturated rings. The monoisotopic (exact) mass is 139 g/mol. The van der Waals surface area contributed by atoms with Crippen LogP contribution in [0, 0.1) is 5.41 Å². The number of nitrogens with two attached hydrogens (primary N) is 1. The Hall–Kier alpha value is -0.720. The molecule has 0 aromatic rings. The van der Waals surface area contributed by atoms with Crippen LogP contribution in [0.3, 0.4) is 0 Å². The molecule has 0 spiro atoms. The second-order valence-electron chi connectivity index (χ2n) is 3.55. The predicted octanol–water partition coefficient (Wildman–Crippen LogP) is 2.45. The fourth-order valence-corrected chi connectivity index (χ4v) is 1.06. The second kappa shape index (κ2) is 2.91. The van der Waals surface area contributed by atoms with Crippen LogP contribution in [0.15, 0.2) is 23.9 Å². The van der Waals surface area contributed by atoms with Gasteiger partial charge in [-0.15, -0.1) is 0 Å². The average Bonchev–Trinajstić information content (AvgIpc) is 1.60. The average molecular weight is 139 g/mol. The summed E-state index contributed by atoms with van der Waals surface area (Å²) in [6.45, 7) is 12.0. The van der Waals surface area contributed by atoms with Crippen molar-refractivity contribution in [2.45, 2.75) is 27.7 Å². The van der Waals surface area contributed by atoms with Gasteiger partial charge in [-0.2, -0.15) is 0 Å². The lowest BCUT2D eigenvalue weighted by Gasteiger charge is -2.21. The maximum atomic E-state index is 5.64. The van der Waals surface area contributed by atoms with E-state index in [1.165, 1.54) is 0 Å². The number of rotatable bonds is 1. The Morgan fingerprint density at radius 1 is 1.40 bits per heavy atom. The first-order valence-electron chi connectivity index (χ1n) is 3.49. The molecule has 0 unspecified atom stereocenters. The molecule has 0 radical (unpaired) electrons. The Balaban J connectivity index is 4.71. The van der Waals surface area contributed by atoms with Gasteiger partial charge < -0.3 is 5.73 Å². The van der Waals surface area contributed by atoms with Gasteiger partial charge in [0.1, 0.15) is 0 Å². The molecular weight excluding hydrogens is 122 g/mol. The van der Waals surface area contributed by atoms with Gasteiger partial charge in [-0.05, 0) is 17.9 Å². The van der Waals surface area contributed by atoms with E-state index in [0.29, 0.717) is 0 Å². The van der Waals surface area contributed by atoms with Gasteiger partial charge in [0.15, 0.2) is 0 Å². The summed E-state index contributed by atoms with van der Waals surface area (Å²) in [7, 11) is 0.